The van der Waals surface area contributed by atoms with Crippen LogP contribution in [0.2, 0.25) is 0 Å². The first kappa shape index (κ1) is 36.1. The highest BCUT2D eigenvalue weighted by atomic mass is 19.1. The standard InChI is InChI=1S/C18H28F2.C17H25F3/c1-7-17(5,8-2)13-11-12-14(19)15(16(13)20)18(6,9-3)10-4;1-6-16(4,7-2)13-8-9-14(20)15(12(13)3)17(5,10-18)11-19/h11-12H,7-10H2,1-6H3;8-9H,6-7,10-11H2,1-5H3. The van der Waals surface area contributed by atoms with Crippen LogP contribution in [0.5, 0.6) is 0 Å². The van der Waals surface area contributed by atoms with Gasteiger partial charge in [-0.3, -0.25) is 8.78 Å². The monoisotopic (exact) mass is 568 g/mol. The average Bonchev–Trinajstić information content (AvgIpc) is 2.96. The van der Waals surface area contributed by atoms with Crippen LogP contribution in [-0.2, 0) is 21.7 Å². The number of halogens is 5. The third-order valence-corrected chi connectivity index (χ3v) is 10.3. The Kier molecular flexibility index (Phi) is 12.9. The zero-order valence-electron chi connectivity index (χ0n) is 26.9. The molecule has 0 bridgehead atoms. The molecule has 2 rings (SSSR count). The molecule has 5 heteroatoms. The summed E-state index contributed by atoms with van der Waals surface area (Å²) in [5.74, 6) is -1.26. The van der Waals surface area contributed by atoms with Gasteiger partial charge in [-0.25, -0.2) is 13.2 Å². The summed E-state index contributed by atoms with van der Waals surface area (Å²) in [5, 5.41) is 0. The van der Waals surface area contributed by atoms with Gasteiger partial charge in [0.2, 0.25) is 0 Å². The van der Waals surface area contributed by atoms with Gasteiger partial charge in [-0.15, -0.1) is 0 Å². The van der Waals surface area contributed by atoms with Gasteiger partial charge in [0.1, 0.15) is 30.8 Å². The van der Waals surface area contributed by atoms with Crippen molar-refractivity contribution in [3.63, 3.8) is 0 Å². The second-order valence-electron chi connectivity index (χ2n) is 12.5. The van der Waals surface area contributed by atoms with E-state index in [1.165, 1.54) is 19.1 Å². The normalized spacial score (nSPS) is 12.8. The Bertz CT molecular complexity index is 1000. The number of hydrogen-bond donors (Lipinski definition) is 0. The van der Waals surface area contributed by atoms with Crippen LogP contribution >= 0.6 is 0 Å². The van der Waals surface area contributed by atoms with Gasteiger partial charge in [0.25, 0.3) is 0 Å². The summed E-state index contributed by atoms with van der Waals surface area (Å²) in [6.45, 7) is 19.8. The van der Waals surface area contributed by atoms with Crippen molar-refractivity contribution in [3.8, 4) is 0 Å². The Morgan fingerprint density at radius 2 is 0.850 bits per heavy atom. The predicted molar refractivity (Wildman–Crippen MR) is 161 cm³/mol. The van der Waals surface area contributed by atoms with Crippen molar-refractivity contribution in [2.45, 2.75) is 136 Å². The van der Waals surface area contributed by atoms with Gasteiger partial charge in [-0.1, -0.05) is 81.4 Å². The molecular formula is C35H53F5. The van der Waals surface area contributed by atoms with Crippen molar-refractivity contribution < 1.29 is 22.0 Å². The van der Waals surface area contributed by atoms with E-state index in [1.54, 1.807) is 19.1 Å². The maximum atomic E-state index is 15.0. The van der Waals surface area contributed by atoms with Crippen LogP contribution in [0.3, 0.4) is 0 Å². The maximum absolute atomic E-state index is 15.0. The molecule has 0 atom stereocenters. The van der Waals surface area contributed by atoms with E-state index in [-0.39, 0.29) is 27.8 Å². The zero-order valence-corrected chi connectivity index (χ0v) is 26.9. The molecule has 0 aromatic heterocycles. The van der Waals surface area contributed by atoms with Crippen LogP contribution in [0, 0.1) is 24.4 Å². The van der Waals surface area contributed by atoms with E-state index < -0.39 is 35.8 Å². The summed E-state index contributed by atoms with van der Waals surface area (Å²) in [5.41, 5.74) is 0.642. The lowest BCUT2D eigenvalue weighted by atomic mass is 9.72. The molecule has 0 fully saturated rings. The molecular weight excluding hydrogens is 515 g/mol. The second-order valence-corrected chi connectivity index (χ2v) is 12.5. The molecule has 0 nitrogen and oxygen atoms in total. The first-order valence-corrected chi connectivity index (χ1v) is 15.0. The lowest BCUT2D eigenvalue weighted by molar-refractivity contribution is 0.250. The minimum absolute atomic E-state index is 0.0972. The van der Waals surface area contributed by atoms with E-state index in [4.69, 9.17) is 0 Å². The summed E-state index contributed by atoms with van der Waals surface area (Å²) < 4.78 is 70.0. The fourth-order valence-corrected chi connectivity index (χ4v) is 5.68. The van der Waals surface area contributed by atoms with Gasteiger partial charge in [-0.2, -0.15) is 0 Å². The Morgan fingerprint density at radius 3 is 1.23 bits per heavy atom. The van der Waals surface area contributed by atoms with Crippen LogP contribution < -0.4 is 0 Å². The number of benzene rings is 2. The van der Waals surface area contributed by atoms with Crippen molar-refractivity contribution in [1.82, 2.24) is 0 Å². The summed E-state index contributed by atoms with van der Waals surface area (Å²) in [6.07, 6.45) is 4.96. The lowest BCUT2D eigenvalue weighted by Crippen LogP contribution is -2.32. The van der Waals surface area contributed by atoms with Crippen LogP contribution in [-0.4, -0.2) is 13.3 Å². The van der Waals surface area contributed by atoms with Gasteiger partial charge in [0, 0.05) is 11.1 Å². The summed E-state index contributed by atoms with van der Waals surface area (Å²) >= 11 is 0. The molecule has 0 heterocycles. The predicted octanol–water partition coefficient (Wildman–Crippen LogP) is 11.5. The van der Waals surface area contributed by atoms with Crippen LogP contribution in [0.15, 0.2) is 24.3 Å². The fraction of sp³-hybridized carbons (Fsp3) is 0.657. The SMILES string of the molecule is CCC(C)(CC)c1ccc(F)c(C(C)(CC)CC)c1F.CCC(C)(CC)c1ccc(F)c(C(C)(CF)CF)c1C. The first-order chi connectivity index (χ1) is 18.6. The molecule has 0 radical (unpaired) electrons. The molecule has 0 aliphatic rings. The van der Waals surface area contributed by atoms with Crippen molar-refractivity contribution in [2.75, 3.05) is 13.3 Å². The van der Waals surface area contributed by atoms with E-state index in [2.05, 4.69) is 41.5 Å². The summed E-state index contributed by atoms with van der Waals surface area (Å²) in [6, 6.07) is 6.19. The van der Waals surface area contributed by atoms with E-state index in [0.29, 0.717) is 11.1 Å². The minimum atomic E-state index is -1.40. The van der Waals surface area contributed by atoms with Gasteiger partial charge in [-0.05, 0) is 90.5 Å². The van der Waals surface area contributed by atoms with Crippen molar-refractivity contribution in [1.29, 1.82) is 0 Å². The molecule has 0 aliphatic carbocycles. The molecule has 0 N–H and O–H groups in total. The highest BCUT2D eigenvalue weighted by molar-refractivity contribution is 5.44. The molecule has 40 heavy (non-hydrogen) atoms. The lowest BCUT2D eigenvalue weighted by Gasteiger charge is -2.33. The molecule has 228 valence electrons. The first-order valence-electron chi connectivity index (χ1n) is 15.0. The van der Waals surface area contributed by atoms with Crippen molar-refractivity contribution >= 4 is 0 Å². The zero-order chi connectivity index (χ0) is 31.1. The Labute approximate surface area is 241 Å². The molecule has 2 aromatic carbocycles. The van der Waals surface area contributed by atoms with E-state index in [9.17, 15) is 17.6 Å². The Balaban J connectivity index is 0.000000400. The molecule has 0 spiro atoms. The minimum Gasteiger partial charge on any atom is -0.250 e. The highest BCUT2D eigenvalue weighted by Gasteiger charge is 2.36. The number of alkyl halides is 2. The van der Waals surface area contributed by atoms with Crippen molar-refractivity contribution in [3.05, 3.63) is 69.5 Å². The van der Waals surface area contributed by atoms with E-state index in [0.717, 1.165) is 44.1 Å². The smallest absolute Gasteiger partial charge is 0.133 e. The number of rotatable bonds is 12. The summed E-state index contributed by atoms with van der Waals surface area (Å²) in [4.78, 5) is 0. The Morgan fingerprint density at radius 1 is 0.500 bits per heavy atom. The Hall–Kier alpha value is -1.91. The maximum Gasteiger partial charge on any atom is 0.133 e. The van der Waals surface area contributed by atoms with Gasteiger partial charge < -0.3 is 0 Å². The average molecular weight is 569 g/mol. The second kappa shape index (κ2) is 14.3. The van der Waals surface area contributed by atoms with Gasteiger partial charge in [0.15, 0.2) is 0 Å². The van der Waals surface area contributed by atoms with E-state index in [1.807, 2.05) is 20.8 Å². The highest BCUT2D eigenvalue weighted by Crippen LogP contribution is 2.41. The quantitative estimate of drug-likeness (QED) is 0.223. The van der Waals surface area contributed by atoms with E-state index >= 15 is 4.39 Å². The van der Waals surface area contributed by atoms with Crippen LogP contribution in [0.25, 0.3) is 0 Å². The molecule has 0 amide bonds. The van der Waals surface area contributed by atoms with Crippen LogP contribution in [0.4, 0.5) is 22.0 Å². The third kappa shape index (κ3) is 6.93. The topological polar surface area (TPSA) is 0 Å². The van der Waals surface area contributed by atoms with Gasteiger partial charge >= 0.3 is 0 Å². The molecule has 0 saturated heterocycles. The summed E-state index contributed by atoms with van der Waals surface area (Å²) in [7, 11) is 0. The largest absolute Gasteiger partial charge is 0.250 e. The molecule has 0 aliphatic heterocycles. The van der Waals surface area contributed by atoms with Gasteiger partial charge in [0.05, 0.1) is 5.41 Å². The molecule has 2 aromatic rings. The molecule has 0 saturated carbocycles. The van der Waals surface area contributed by atoms with Crippen LogP contribution in [0.1, 0.15) is 136 Å². The van der Waals surface area contributed by atoms with Crippen molar-refractivity contribution in [2.24, 2.45) is 0 Å². The molecule has 0 unspecified atom stereocenters. The third-order valence-electron chi connectivity index (χ3n) is 10.3. The number of hydrogen-bond acceptors (Lipinski definition) is 0. The fourth-order valence-electron chi connectivity index (χ4n) is 5.68.